The molecule has 0 amide bonds. The maximum absolute atomic E-state index is 10.3. The number of thiol groups is 1. The number of hydrogen-bond acceptors (Lipinski definition) is 6. The topological polar surface area (TPSA) is 155 Å². The number of aliphatic carboxylic acids is 2. The van der Waals surface area contributed by atoms with Crippen molar-refractivity contribution in [2.75, 3.05) is 5.75 Å². The standard InChI is InChI=1S/C6H9N3O2.C3H7NO2S.Zn/c7-5(6(10)11)1-4-2-8-3-9-4;4-2(1-7)3(5)6;/h2-3,5H,1,7H2,(H,8,9)(H,10,11);2,7H,1,4H2,(H,5,6);/t5-;2-;/m00./s1. The molecule has 0 unspecified atom stereocenters. The van der Waals surface area contributed by atoms with Crippen LogP contribution in [-0.2, 0) is 35.5 Å². The average molecular weight is 342 g/mol. The Balaban J connectivity index is 0. The van der Waals surface area contributed by atoms with Gasteiger partial charge in [0.05, 0.1) is 12.0 Å². The first kappa shape index (κ1) is 20.4. The number of imidazole rings is 1. The van der Waals surface area contributed by atoms with E-state index in [1.165, 1.54) is 6.33 Å². The normalized spacial score (nSPS) is 12.4. The third-order valence-electron chi connectivity index (χ3n) is 1.81. The van der Waals surface area contributed by atoms with Crippen LogP contribution in [0.4, 0.5) is 0 Å². The van der Waals surface area contributed by atoms with Crippen molar-refractivity contribution in [1.29, 1.82) is 0 Å². The molecule has 0 radical (unpaired) electrons. The summed E-state index contributed by atoms with van der Waals surface area (Å²) in [7, 11) is 0. The predicted molar refractivity (Wildman–Crippen MR) is 67.4 cm³/mol. The molecular formula is C9H16N4O4SZn. The molecule has 104 valence electrons. The van der Waals surface area contributed by atoms with Gasteiger partial charge < -0.3 is 26.7 Å². The van der Waals surface area contributed by atoms with Gasteiger partial charge in [0, 0.05) is 37.8 Å². The average Bonchev–Trinajstić information content (AvgIpc) is 2.81. The number of aromatic nitrogens is 2. The predicted octanol–water partition coefficient (Wildman–Crippen LogP) is -1.31. The molecule has 7 N–H and O–H groups in total. The van der Waals surface area contributed by atoms with Gasteiger partial charge in [-0.25, -0.2) is 4.98 Å². The van der Waals surface area contributed by atoms with Crippen LogP contribution in [0.3, 0.4) is 0 Å². The van der Waals surface area contributed by atoms with E-state index >= 15 is 0 Å². The number of rotatable bonds is 5. The van der Waals surface area contributed by atoms with E-state index in [0.717, 1.165) is 0 Å². The Morgan fingerprint density at radius 1 is 1.32 bits per heavy atom. The van der Waals surface area contributed by atoms with Gasteiger partial charge in [0.25, 0.3) is 0 Å². The largest absolute Gasteiger partial charge is 0.480 e. The zero-order valence-corrected chi connectivity index (χ0v) is 14.1. The van der Waals surface area contributed by atoms with Crippen molar-refractivity contribution in [3.63, 3.8) is 0 Å². The Labute approximate surface area is 128 Å². The fourth-order valence-electron chi connectivity index (χ4n) is 0.793. The first-order chi connectivity index (χ1) is 8.38. The van der Waals surface area contributed by atoms with Gasteiger partial charge in [-0.2, -0.15) is 12.6 Å². The molecular weight excluding hydrogens is 326 g/mol. The van der Waals surface area contributed by atoms with E-state index in [1.54, 1.807) is 6.20 Å². The molecule has 0 aromatic carbocycles. The summed E-state index contributed by atoms with van der Waals surface area (Å²) < 4.78 is 0. The second-order valence-electron chi connectivity index (χ2n) is 3.34. The van der Waals surface area contributed by atoms with Gasteiger partial charge in [0.15, 0.2) is 0 Å². The Morgan fingerprint density at radius 3 is 2.11 bits per heavy atom. The fraction of sp³-hybridized carbons (Fsp3) is 0.444. The number of nitrogens with zero attached hydrogens (tertiary/aromatic N) is 1. The fourth-order valence-corrected chi connectivity index (χ4v) is 0.949. The van der Waals surface area contributed by atoms with Gasteiger partial charge in [-0.1, -0.05) is 0 Å². The second kappa shape index (κ2) is 10.9. The van der Waals surface area contributed by atoms with E-state index in [4.69, 9.17) is 21.7 Å². The molecule has 0 aliphatic heterocycles. The van der Waals surface area contributed by atoms with E-state index in [0.29, 0.717) is 5.69 Å². The molecule has 2 atom stereocenters. The number of nitrogens with one attached hydrogen (secondary N) is 1. The van der Waals surface area contributed by atoms with Crippen molar-refractivity contribution in [2.45, 2.75) is 18.5 Å². The van der Waals surface area contributed by atoms with Crippen LogP contribution >= 0.6 is 12.6 Å². The number of carboxylic acid groups (broad SMARTS) is 2. The molecule has 1 heterocycles. The summed E-state index contributed by atoms with van der Waals surface area (Å²) in [6.07, 6.45) is 3.38. The van der Waals surface area contributed by atoms with Crippen molar-refractivity contribution in [3.8, 4) is 0 Å². The first-order valence-electron chi connectivity index (χ1n) is 4.93. The van der Waals surface area contributed by atoms with E-state index in [1.807, 2.05) is 0 Å². The molecule has 0 saturated heterocycles. The summed E-state index contributed by atoms with van der Waals surface area (Å²) in [5.41, 5.74) is 10.9. The van der Waals surface area contributed by atoms with Crippen LogP contribution in [0.2, 0.25) is 0 Å². The number of aromatic amines is 1. The van der Waals surface area contributed by atoms with Gasteiger partial charge in [-0.15, -0.1) is 0 Å². The Hall–Kier alpha value is -0.957. The molecule has 0 aliphatic rings. The van der Waals surface area contributed by atoms with Crippen LogP contribution < -0.4 is 11.5 Å². The molecule has 0 saturated carbocycles. The van der Waals surface area contributed by atoms with E-state index in [-0.39, 0.29) is 31.7 Å². The zero-order chi connectivity index (χ0) is 14.1. The molecule has 1 aromatic heterocycles. The third-order valence-corrected chi connectivity index (χ3v) is 2.21. The van der Waals surface area contributed by atoms with Crippen LogP contribution in [0.1, 0.15) is 5.69 Å². The molecule has 0 fully saturated rings. The SMILES string of the molecule is N[C@@H](CS)C(=O)O.N[C@@H](Cc1c[nH]cn1)C(=O)O.[Zn]. The van der Waals surface area contributed by atoms with Crippen LogP contribution in [0.15, 0.2) is 12.5 Å². The van der Waals surface area contributed by atoms with Crippen LogP contribution in [0, 0.1) is 0 Å². The van der Waals surface area contributed by atoms with Gasteiger partial charge in [-0.3, -0.25) is 9.59 Å². The molecule has 0 bridgehead atoms. The summed E-state index contributed by atoms with van der Waals surface area (Å²) in [6, 6.07) is -1.68. The van der Waals surface area contributed by atoms with Crippen molar-refractivity contribution in [3.05, 3.63) is 18.2 Å². The van der Waals surface area contributed by atoms with Crippen LogP contribution in [-0.4, -0.2) is 50.0 Å². The zero-order valence-electron chi connectivity index (χ0n) is 10.2. The van der Waals surface area contributed by atoms with Crippen LogP contribution in [0.25, 0.3) is 0 Å². The Morgan fingerprint density at radius 2 is 1.84 bits per heavy atom. The Bertz CT molecular complexity index is 376. The smallest absolute Gasteiger partial charge is 0.321 e. The number of carboxylic acids is 2. The van der Waals surface area contributed by atoms with Crippen molar-refractivity contribution >= 4 is 24.6 Å². The van der Waals surface area contributed by atoms with Crippen molar-refractivity contribution in [2.24, 2.45) is 11.5 Å². The maximum Gasteiger partial charge on any atom is 0.321 e. The van der Waals surface area contributed by atoms with Crippen molar-refractivity contribution in [1.82, 2.24) is 9.97 Å². The summed E-state index contributed by atoms with van der Waals surface area (Å²) in [5, 5.41) is 16.4. The van der Waals surface area contributed by atoms with E-state index in [9.17, 15) is 9.59 Å². The molecule has 0 aliphatic carbocycles. The van der Waals surface area contributed by atoms with Crippen LogP contribution in [0.5, 0.6) is 0 Å². The van der Waals surface area contributed by atoms with Gasteiger partial charge in [0.2, 0.25) is 0 Å². The summed E-state index contributed by atoms with van der Waals surface area (Å²) in [4.78, 5) is 26.6. The number of H-pyrrole nitrogens is 1. The summed E-state index contributed by atoms with van der Waals surface area (Å²) >= 11 is 3.65. The quantitative estimate of drug-likeness (QED) is 0.287. The minimum atomic E-state index is -1.01. The molecule has 19 heavy (non-hydrogen) atoms. The second-order valence-corrected chi connectivity index (χ2v) is 3.70. The van der Waals surface area contributed by atoms with E-state index in [2.05, 4.69) is 22.6 Å². The monoisotopic (exact) mass is 340 g/mol. The molecule has 8 nitrogen and oxygen atoms in total. The number of hydrogen-bond donors (Lipinski definition) is 6. The summed E-state index contributed by atoms with van der Waals surface area (Å²) in [5.74, 6) is -1.82. The van der Waals surface area contributed by atoms with Gasteiger partial charge in [-0.05, 0) is 0 Å². The molecule has 1 rings (SSSR count). The van der Waals surface area contributed by atoms with E-state index < -0.39 is 24.0 Å². The number of carbonyl (C=O) groups is 2. The van der Waals surface area contributed by atoms with Crippen molar-refractivity contribution < 1.29 is 39.3 Å². The minimum absolute atomic E-state index is 0. The molecule has 1 aromatic rings. The molecule has 0 spiro atoms. The summed E-state index contributed by atoms with van der Waals surface area (Å²) in [6.45, 7) is 0. The Kier molecular flexibility index (Phi) is 11.7. The minimum Gasteiger partial charge on any atom is -0.480 e. The third kappa shape index (κ3) is 9.60. The maximum atomic E-state index is 10.3. The van der Waals surface area contributed by atoms with Gasteiger partial charge in [0.1, 0.15) is 12.1 Å². The molecule has 10 heteroatoms. The van der Waals surface area contributed by atoms with Gasteiger partial charge >= 0.3 is 11.9 Å². The number of nitrogens with two attached hydrogens (primary N) is 2. The first-order valence-corrected chi connectivity index (χ1v) is 5.57.